The molecule has 1 fully saturated rings. The maximum absolute atomic E-state index is 5.89. The van der Waals surface area contributed by atoms with E-state index in [2.05, 4.69) is 52.0 Å². The van der Waals surface area contributed by atoms with Crippen LogP contribution in [-0.2, 0) is 11.2 Å². The van der Waals surface area contributed by atoms with E-state index in [-0.39, 0.29) is 5.60 Å². The largest absolute Gasteiger partial charge is 0.494 e. The zero-order chi connectivity index (χ0) is 16.0. The maximum atomic E-state index is 5.89. The van der Waals surface area contributed by atoms with Gasteiger partial charge < -0.3 is 9.47 Å². The first-order valence-electron chi connectivity index (χ1n) is 9.00. The summed E-state index contributed by atoms with van der Waals surface area (Å²) in [6.07, 6.45) is 7.54. The minimum atomic E-state index is 0.176. The van der Waals surface area contributed by atoms with Gasteiger partial charge in [-0.25, -0.2) is 0 Å². The molecule has 0 spiro atoms. The molecule has 0 bridgehead atoms. The number of benzene rings is 1. The molecule has 1 aromatic carbocycles. The van der Waals surface area contributed by atoms with Crippen LogP contribution in [0.3, 0.4) is 0 Å². The third-order valence-electron chi connectivity index (χ3n) is 5.28. The highest BCUT2D eigenvalue weighted by Gasteiger charge is 2.49. The first kappa shape index (κ1) is 17.3. The first-order chi connectivity index (χ1) is 10.6. The van der Waals surface area contributed by atoms with Crippen molar-refractivity contribution in [2.45, 2.75) is 77.9 Å². The lowest BCUT2D eigenvalue weighted by Crippen LogP contribution is -2.11. The molecular weight excluding hydrogens is 272 g/mol. The van der Waals surface area contributed by atoms with E-state index in [0.29, 0.717) is 6.10 Å². The second kappa shape index (κ2) is 8.01. The Morgan fingerprint density at radius 1 is 1.14 bits per heavy atom. The normalized spacial score (nSPS) is 25.0. The molecule has 1 aliphatic rings. The highest BCUT2D eigenvalue weighted by atomic mass is 16.6. The van der Waals surface area contributed by atoms with Crippen molar-refractivity contribution in [1.29, 1.82) is 0 Å². The molecule has 0 aliphatic carbocycles. The Morgan fingerprint density at radius 3 is 2.41 bits per heavy atom. The van der Waals surface area contributed by atoms with E-state index in [1.54, 1.807) is 0 Å². The van der Waals surface area contributed by atoms with Crippen molar-refractivity contribution in [3.8, 4) is 5.75 Å². The Morgan fingerprint density at radius 2 is 1.86 bits per heavy atom. The van der Waals surface area contributed by atoms with Gasteiger partial charge in [-0.1, -0.05) is 39.3 Å². The molecule has 0 N–H and O–H groups in total. The van der Waals surface area contributed by atoms with Crippen molar-refractivity contribution in [2.24, 2.45) is 5.92 Å². The minimum absolute atomic E-state index is 0.176. The fourth-order valence-electron chi connectivity index (χ4n) is 3.07. The van der Waals surface area contributed by atoms with Gasteiger partial charge in [0.15, 0.2) is 0 Å². The lowest BCUT2D eigenvalue weighted by molar-refractivity contribution is 0.259. The van der Waals surface area contributed by atoms with Gasteiger partial charge in [-0.3, -0.25) is 0 Å². The van der Waals surface area contributed by atoms with E-state index < -0.39 is 0 Å². The maximum Gasteiger partial charge on any atom is 0.119 e. The SMILES string of the molecule is CCc1ccc(OCC[C@H](CC)CC[C@H]2O[C@]2(C)CC)cc1. The molecule has 1 aromatic rings. The van der Waals surface area contributed by atoms with Crippen molar-refractivity contribution >= 4 is 0 Å². The van der Waals surface area contributed by atoms with Crippen LogP contribution in [0.4, 0.5) is 0 Å². The van der Waals surface area contributed by atoms with Crippen LogP contribution >= 0.6 is 0 Å². The molecule has 0 amide bonds. The molecule has 1 saturated heterocycles. The molecule has 3 atom stereocenters. The summed E-state index contributed by atoms with van der Waals surface area (Å²) in [6, 6.07) is 8.49. The topological polar surface area (TPSA) is 21.8 Å². The van der Waals surface area contributed by atoms with Crippen molar-refractivity contribution in [3.05, 3.63) is 29.8 Å². The average molecular weight is 304 g/mol. The summed E-state index contributed by atoms with van der Waals surface area (Å²) in [5, 5.41) is 0. The molecule has 124 valence electrons. The minimum Gasteiger partial charge on any atom is -0.494 e. The summed E-state index contributed by atoms with van der Waals surface area (Å²) in [5.41, 5.74) is 1.54. The van der Waals surface area contributed by atoms with E-state index in [4.69, 9.17) is 9.47 Å². The van der Waals surface area contributed by atoms with E-state index in [1.165, 1.54) is 24.8 Å². The number of hydrogen-bond donors (Lipinski definition) is 0. The van der Waals surface area contributed by atoms with E-state index in [0.717, 1.165) is 37.5 Å². The number of rotatable bonds is 10. The molecule has 2 heteroatoms. The van der Waals surface area contributed by atoms with Gasteiger partial charge >= 0.3 is 0 Å². The van der Waals surface area contributed by atoms with Crippen molar-refractivity contribution in [1.82, 2.24) is 0 Å². The van der Waals surface area contributed by atoms with Crippen LogP contribution in [0.25, 0.3) is 0 Å². The van der Waals surface area contributed by atoms with Crippen molar-refractivity contribution in [3.63, 3.8) is 0 Å². The molecule has 0 aromatic heterocycles. The van der Waals surface area contributed by atoms with Gasteiger partial charge in [0, 0.05) is 0 Å². The highest BCUT2D eigenvalue weighted by Crippen LogP contribution is 2.42. The summed E-state index contributed by atoms with van der Waals surface area (Å²) in [4.78, 5) is 0. The highest BCUT2D eigenvalue weighted by molar-refractivity contribution is 5.27. The summed E-state index contributed by atoms with van der Waals surface area (Å²) in [5.74, 6) is 1.75. The van der Waals surface area contributed by atoms with E-state index in [9.17, 15) is 0 Å². The Balaban J connectivity index is 1.65. The Kier molecular flexibility index (Phi) is 6.31. The second-order valence-corrected chi connectivity index (χ2v) is 6.76. The number of epoxide rings is 1. The van der Waals surface area contributed by atoms with E-state index >= 15 is 0 Å². The van der Waals surface area contributed by atoms with Crippen LogP contribution in [0.15, 0.2) is 24.3 Å². The van der Waals surface area contributed by atoms with Crippen LogP contribution in [0.5, 0.6) is 5.75 Å². The lowest BCUT2D eigenvalue weighted by Gasteiger charge is -2.15. The molecule has 22 heavy (non-hydrogen) atoms. The Labute approximate surface area is 136 Å². The number of ether oxygens (including phenoxy) is 2. The summed E-state index contributed by atoms with van der Waals surface area (Å²) in [7, 11) is 0. The smallest absolute Gasteiger partial charge is 0.119 e. The monoisotopic (exact) mass is 304 g/mol. The zero-order valence-electron chi connectivity index (χ0n) is 14.7. The third-order valence-corrected chi connectivity index (χ3v) is 5.28. The molecule has 0 saturated carbocycles. The number of aryl methyl sites for hydroxylation is 1. The third kappa shape index (κ3) is 4.74. The lowest BCUT2D eigenvalue weighted by atomic mass is 9.93. The molecule has 2 rings (SSSR count). The van der Waals surface area contributed by atoms with Crippen LogP contribution in [0.2, 0.25) is 0 Å². The van der Waals surface area contributed by atoms with Crippen LogP contribution in [0.1, 0.15) is 65.4 Å². The summed E-state index contributed by atoms with van der Waals surface area (Å²) >= 11 is 0. The predicted octanol–water partition coefficient (Wildman–Crippen LogP) is 5.39. The first-order valence-corrected chi connectivity index (χ1v) is 9.00. The Bertz CT molecular complexity index is 440. The second-order valence-electron chi connectivity index (χ2n) is 6.76. The quantitative estimate of drug-likeness (QED) is 0.540. The molecule has 1 aliphatic heterocycles. The van der Waals surface area contributed by atoms with Crippen LogP contribution in [0, 0.1) is 5.92 Å². The van der Waals surface area contributed by atoms with Crippen LogP contribution in [-0.4, -0.2) is 18.3 Å². The van der Waals surface area contributed by atoms with Crippen LogP contribution < -0.4 is 4.74 Å². The number of hydrogen-bond acceptors (Lipinski definition) is 2. The van der Waals surface area contributed by atoms with Gasteiger partial charge in [-0.15, -0.1) is 0 Å². The van der Waals surface area contributed by atoms with Gasteiger partial charge in [-0.2, -0.15) is 0 Å². The van der Waals surface area contributed by atoms with Gasteiger partial charge in [0.2, 0.25) is 0 Å². The summed E-state index contributed by atoms with van der Waals surface area (Å²) in [6.45, 7) is 9.74. The van der Waals surface area contributed by atoms with E-state index in [1.807, 2.05) is 0 Å². The molecule has 0 radical (unpaired) electrons. The van der Waals surface area contributed by atoms with Gasteiger partial charge in [-0.05, 0) is 62.6 Å². The van der Waals surface area contributed by atoms with Crippen molar-refractivity contribution < 1.29 is 9.47 Å². The fourth-order valence-corrected chi connectivity index (χ4v) is 3.07. The average Bonchev–Trinajstić information content (AvgIpc) is 3.22. The van der Waals surface area contributed by atoms with Gasteiger partial charge in [0.1, 0.15) is 5.75 Å². The molecule has 0 unspecified atom stereocenters. The summed E-state index contributed by atoms with van der Waals surface area (Å²) < 4.78 is 11.7. The van der Waals surface area contributed by atoms with Gasteiger partial charge in [0.05, 0.1) is 18.3 Å². The predicted molar refractivity (Wildman–Crippen MR) is 92.5 cm³/mol. The molecular formula is C20H32O2. The van der Waals surface area contributed by atoms with Gasteiger partial charge in [0.25, 0.3) is 0 Å². The van der Waals surface area contributed by atoms with Crippen molar-refractivity contribution in [2.75, 3.05) is 6.61 Å². The Hall–Kier alpha value is -1.02. The molecule has 2 nitrogen and oxygen atoms in total. The fraction of sp³-hybridized carbons (Fsp3) is 0.700. The standard InChI is InChI=1S/C20H32O2/c1-5-16-8-11-18(12-9-16)21-15-14-17(6-2)10-13-19-20(4,7-3)22-19/h8-9,11-12,17,19H,5-7,10,13-15H2,1-4H3/t17-,19-,20-/m1/s1. The molecule has 1 heterocycles. The zero-order valence-corrected chi connectivity index (χ0v) is 14.7.